The van der Waals surface area contributed by atoms with E-state index in [0.717, 1.165) is 85.0 Å². The zero-order valence-corrected chi connectivity index (χ0v) is 77.3. The molecule has 24 N–H and O–H groups in total. The Labute approximate surface area is 772 Å². The monoisotopic (exact) mass is 1910 g/mol. The summed E-state index contributed by atoms with van der Waals surface area (Å²) in [5, 5.41) is 246. The van der Waals surface area contributed by atoms with E-state index in [1.54, 1.807) is 6.08 Å². The Morgan fingerprint density at radius 3 is 1.31 bits per heavy atom. The number of carbonyl (C=O) groups excluding carboxylic acids is 4. The predicted molar refractivity (Wildman–Crippen MR) is 464 cm³/mol. The Hall–Kier alpha value is -4.48. The molecule has 0 aliphatic carbocycles. The number of carbonyl (C=O) groups is 6. The van der Waals surface area contributed by atoms with Gasteiger partial charge in [-0.3, -0.25) is 14.4 Å². The maximum atomic E-state index is 14.4. The van der Waals surface area contributed by atoms with Crippen LogP contribution in [0.3, 0.4) is 0 Å². The van der Waals surface area contributed by atoms with Crippen molar-refractivity contribution in [1.82, 2.24) is 16.0 Å². The Kier molecular flexibility index (Phi) is 53.3. The molecular formula is C90H159N3O39. The molecule has 6 aliphatic rings. The molecule has 0 radical (unpaired) electrons. The van der Waals surface area contributed by atoms with E-state index in [1.165, 1.54) is 134 Å². The first-order chi connectivity index (χ1) is 63.1. The number of allylic oxidation sites excluding steroid dienone is 1. The van der Waals surface area contributed by atoms with Crippen LogP contribution < -0.4 is 16.0 Å². The number of aliphatic carboxylic acids is 2. The predicted octanol–water partition coefficient (Wildman–Crippen LogP) is -0.828. The minimum atomic E-state index is -3.68. The van der Waals surface area contributed by atoms with Crippen LogP contribution in [-0.4, -0.2) is 390 Å². The first kappa shape index (κ1) is 116. The highest BCUT2D eigenvalue weighted by molar-refractivity contribution is 5.78. The highest BCUT2D eigenvalue weighted by atomic mass is 16.8. The molecular weight excluding hydrogens is 1750 g/mol. The van der Waals surface area contributed by atoms with Gasteiger partial charge in [-0.2, -0.15) is 0 Å². The number of carboxylic acids is 2. The van der Waals surface area contributed by atoms with Crippen LogP contribution in [0.25, 0.3) is 0 Å². The fourth-order valence-electron chi connectivity index (χ4n) is 18.0. The molecule has 0 spiro atoms. The van der Waals surface area contributed by atoms with E-state index in [9.17, 15) is 136 Å². The average Bonchev–Trinajstić information content (AvgIpc) is 0.742. The number of hydrogen-bond donors (Lipinski definition) is 24. The third-order valence-electron chi connectivity index (χ3n) is 25.6. The number of amides is 3. The Morgan fingerprint density at radius 2 is 0.841 bits per heavy atom. The van der Waals surface area contributed by atoms with Crippen molar-refractivity contribution < 1.29 is 193 Å². The van der Waals surface area contributed by atoms with Gasteiger partial charge in [0.15, 0.2) is 25.2 Å². The average molecular weight is 1910 g/mol. The number of carboxylic acid groups (broad SMARTS) is 2. The van der Waals surface area contributed by atoms with Gasteiger partial charge >= 0.3 is 11.9 Å². The summed E-state index contributed by atoms with van der Waals surface area (Å²) in [7, 11) is 0. The highest BCUT2D eigenvalue weighted by Crippen LogP contribution is 2.44. The van der Waals surface area contributed by atoms with E-state index in [-0.39, 0.29) is 6.42 Å². The lowest BCUT2D eigenvalue weighted by molar-refractivity contribution is -0.407. The second kappa shape index (κ2) is 60.5. The van der Waals surface area contributed by atoms with Crippen LogP contribution in [0.5, 0.6) is 0 Å². The molecule has 3 amide bonds. The molecule has 6 saturated heterocycles. The maximum Gasteiger partial charge on any atom is 0.364 e. The smallest absolute Gasteiger partial charge is 0.364 e. The Balaban J connectivity index is 1.29. The van der Waals surface area contributed by atoms with Gasteiger partial charge in [-0.05, 0) is 26.2 Å². The molecule has 34 unspecified atom stereocenters. The van der Waals surface area contributed by atoms with Crippen molar-refractivity contribution in [3.63, 3.8) is 0 Å². The van der Waals surface area contributed by atoms with Gasteiger partial charge in [-0.25, -0.2) is 9.59 Å². The third-order valence-corrected chi connectivity index (χ3v) is 25.6. The zero-order valence-electron chi connectivity index (χ0n) is 77.3. The second-order valence-electron chi connectivity index (χ2n) is 36.4. The lowest BCUT2D eigenvalue weighted by atomic mass is 9.86. The van der Waals surface area contributed by atoms with Crippen LogP contribution >= 0.6 is 0 Å². The number of unbranched alkanes of at least 4 members (excludes halogenated alkanes) is 30. The van der Waals surface area contributed by atoms with E-state index < -0.39 is 308 Å². The number of hydrogen-bond acceptors (Lipinski definition) is 37. The molecule has 0 aromatic carbocycles. The van der Waals surface area contributed by atoms with Crippen molar-refractivity contribution in [2.24, 2.45) is 5.92 Å². The van der Waals surface area contributed by atoms with E-state index >= 15 is 0 Å². The third kappa shape index (κ3) is 35.1. The SMILES string of the molecule is CCCCCCCCCCCCCC=CC(O)C(COC1OC(CO)C(OC2OC(CO)C(OC3OC(CO)C(O)C(OC4OC(CO)C(O)C(O)C4O)C3CC(C)=O)C(OC3(C(=O)O)CC(O)C(NC(C)=O)C(C(O)C(CO)OC4(C(=O)O)CC(O)C(NC(C)=O)C(C(O)C(O)CO)O4)O3)C2O)C(O)C1O)NC(=O)CCCCCCCCCCCCCCCCCCCCCC. The minimum absolute atomic E-state index is 0.0891. The Bertz CT molecular complexity index is 3290. The number of ether oxygens (including phenoxy) is 12. The minimum Gasteiger partial charge on any atom is -0.477 e. The molecule has 42 heteroatoms. The fourth-order valence-corrected chi connectivity index (χ4v) is 18.0. The zero-order chi connectivity index (χ0) is 97.4. The van der Waals surface area contributed by atoms with Crippen LogP contribution in [0.1, 0.15) is 266 Å². The van der Waals surface area contributed by atoms with Gasteiger partial charge in [0.2, 0.25) is 17.7 Å². The molecule has 6 aliphatic heterocycles. The fraction of sp³-hybridized carbons (Fsp3) is 0.911. The standard InChI is InChI=1S/C90H159N3O39/c1-6-8-10-12-14-16-18-20-21-22-23-24-25-26-28-30-32-34-36-38-40-65(107)93-55(56(103)39-37-35-33-31-29-27-19-17-15-13-11-9-7-2)50-121-84-75(115)73(113)78(63(48-98)124-84)127-86-76(116)82(79(64(49-99)125-86)128-83-54(41-51(3)100)77(70(110)61(46-96)122-83)126-85-74(114)72(112)69(109)60(45-95)123-85)132-90(88(119)120)43-58(105)67(92-53(5)102)81(131-90)71(111)62(47-97)129-89(87(117)118)42-57(104)66(91-52(4)101)80(130-89)68(108)59(106)44-94/h37,39,54-64,66-86,94-99,103-106,108-116H,6-36,38,40-50H2,1-5H3,(H,91,101)(H,92,102)(H,93,107)(H,117,118)(H,119,120). The molecule has 768 valence electrons. The van der Waals surface area contributed by atoms with Gasteiger partial charge in [0.1, 0.15) is 128 Å². The number of rotatable bonds is 65. The maximum absolute atomic E-state index is 14.4. The molecule has 0 aromatic rings. The van der Waals surface area contributed by atoms with Crippen LogP contribution in [0.15, 0.2) is 12.2 Å². The van der Waals surface area contributed by atoms with E-state index in [2.05, 4.69) is 29.8 Å². The van der Waals surface area contributed by atoms with Crippen LogP contribution in [0.4, 0.5) is 0 Å². The van der Waals surface area contributed by atoms with Gasteiger partial charge < -0.3 is 185 Å². The quantitative estimate of drug-likeness (QED) is 0.0261. The number of Topliss-reactive ketones (excluding diaryl/α,β-unsaturated/α-hetero) is 1. The summed E-state index contributed by atoms with van der Waals surface area (Å²) in [5.41, 5.74) is 0. The lowest BCUT2D eigenvalue weighted by Gasteiger charge is -2.53. The van der Waals surface area contributed by atoms with Gasteiger partial charge in [0.25, 0.3) is 11.6 Å². The van der Waals surface area contributed by atoms with Crippen molar-refractivity contribution in [3.8, 4) is 0 Å². The highest BCUT2D eigenvalue weighted by Gasteiger charge is 2.64. The number of nitrogens with one attached hydrogen (secondary N) is 3. The number of ketones is 1. The first-order valence-corrected chi connectivity index (χ1v) is 47.9. The van der Waals surface area contributed by atoms with Gasteiger partial charge in [0.05, 0.1) is 88.8 Å². The van der Waals surface area contributed by atoms with Crippen molar-refractivity contribution in [1.29, 1.82) is 0 Å². The normalized spacial score (nSPS) is 34.3. The summed E-state index contributed by atoms with van der Waals surface area (Å²) in [6.07, 6.45) is -25.3. The summed E-state index contributed by atoms with van der Waals surface area (Å²) >= 11 is 0. The molecule has 6 heterocycles. The van der Waals surface area contributed by atoms with E-state index in [0.29, 0.717) is 12.8 Å². The molecule has 6 rings (SSSR count). The lowest BCUT2D eigenvalue weighted by Crippen LogP contribution is -2.72. The van der Waals surface area contributed by atoms with Crippen LogP contribution in [0, 0.1) is 5.92 Å². The van der Waals surface area contributed by atoms with Gasteiger partial charge in [0, 0.05) is 45.4 Å². The largest absolute Gasteiger partial charge is 0.477 e. The van der Waals surface area contributed by atoms with Crippen molar-refractivity contribution in [2.45, 2.75) is 467 Å². The molecule has 6 fully saturated rings. The molecule has 0 aromatic heterocycles. The molecule has 34 atom stereocenters. The van der Waals surface area contributed by atoms with Crippen molar-refractivity contribution in [3.05, 3.63) is 12.2 Å². The topological polar surface area (TPSA) is 674 Å². The van der Waals surface area contributed by atoms with Crippen LogP contribution in [-0.2, 0) is 85.6 Å². The van der Waals surface area contributed by atoms with Crippen molar-refractivity contribution in [2.75, 3.05) is 46.2 Å². The molecule has 42 nitrogen and oxygen atoms in total. The molecule has 0 saturated carbocycles. The summed E-state index contributed by atoms with van der Waals surface area (Å²) in [5.74, 6) is -16.5. The number of aliphatic hydroxyl groups excluding tert-OH is 19. The molecule has 132 heavy (non-hydrogen) atoms. The van der Waals surface area contributed by atoms with E-state index in [4.69, 9.17) is 56.8 Å². The second-order valence-corrected chi connectivity index (χ2v) is 36.4. The summed E-state index contributed by atoms with van der Waals surface area (Å²) < 4.78 is 72.6. The van der Waals surface area contributed by atoms with E-state index in [1.807, 2.05) is 0 Å². The van der Waals surface area contributed by atoms with Crippen molar-refractivity contribution >= 4 is 35.4 Å². The van der Waals surface area contributed by atoms with Crippen LogP contribution in [0.2, 0.25) is 0 Å². The summed E-state index contributed by atoms with van der Waals surface area (Å²) in [4.78, 5) is 80.6. The first-order valence-electron chi connectivity index (χ1n) is 47.9. The number of aliphatic hydroxyl groups is 19. The van der Waals surface area contributed by atoms with Gasteiger partial charge in [-0.1, -0.05) is 212 Å². The Morgan fingerprint density at radius 1 is 0.432 bits per heavy atom. The molecule has 0 bridgehead atoms. The summed E-state index contributed by atoms with van der Waals surface area (Å²) in [6, 6.07) is -5.10. The summed E-state index contributed by atoms with van der Waals surface area (Å²) in [6.45, 7) is -0.757. The van der Waals surface area contributed by atoms with Gasteiger partial charge in [-0.15, -0.1) is 0 Å².